The third-order valence-electron chi connectivity index (χ3n) is 4.53. The van der Waals surface area contributed by atoms with Gasteiger partial charge in [0.25, 0.3) is 0 Å². The molecule has 7 nitrogen and oxygen atoms in total. The summed E-state index contributed by atoms with van der Waals surface area (Å²) in [5.74, 6) is 1.25. The fourth-order valence-corrected chi connectivity index (χ4v) is 3.27. The molecule has 1 saturated heterocycles. The van der Waals surface area contributed by atoms with Gasteiger partial charge in [-0.05, 0) is 20.4 Å². The third-order valence-corrected chi connectivity index (χ3v) is 5.01. The van der Waals surface area contributed by atoms with Crippen LogP contribution in [-0.2, 0) is 18.3 Å². The van der Waals surface area contributed by atoms with Crippen LogP contribution < -0.4 is 5.32 Å². The first-order valence-corrected chi connectivity index (χ1v) is 8.92. The first kappa shape index (κ1) is 18.1. The van der Waals surface area contributed by atoms with E-state index in [1.807, 2.05) is 20.0 Å². The van der Waals surface area contributed by atoms with Crippen LogP contribution in [0.2, 0.25) is 5.15 Å². The molecule has 8 heteroatoms. The predicted octanol–water partition coefficient (Wildman–Crippen LogP) is 2.22. The van der Waals surface area contributed by atoms with Gasteiger partial charge in [0.1, 0.15) is 17.3 Å². The van der Waals surface area contributed by atoms with Gasteiger partial charge in [-0.3, -0.25) is 4.68 Å². The minimum Gasteiger partial charge on any atom is -0.381 e. The lowest BCUT2D eigenvalue weighted by molar-refractivity contribution is 0.193. The average molecular weight is 365 g/mol. The number of aryl methyl sites for hydroxylation is 2. The topological polar surface area (TPSA) is 68.1 Å². The molecule has 1 aliphatic rings. The molecule has 25 heavy (non-hydrogen) atoms. The molecule has 2 aromatic heterocycles. The fourth-order valence-electron chi connectivity index (χ4n) is 3.04. The molecule has 0 spiro atoms. The van der Waals surface area contributed by atoms with Crippen molar-refractivity contribution >= 4 is 17.4 Å². The van der Waals surface area contributed by atoms with Gasteiger partial charge in [-0.2, -0.15) is 5.10 Å². The third kappa shape index (κ3) is 4.48. The molecule has 3 rings (SSSR count). The molecule has 0 saturated carbocycles. The Bertz CT molecular complexity index is 713. The number of likely N-dealkylation sites (N-methyl/N-ethyl adjacent to an activating group) is 1. The number of nitrogens with zero attached hydrogens (tertiary/aromatic N) is 5. The Labute approximate surface area is 153 Å². The summed E-state index contributed by atoms with van der Waals surface area (Å²) >= 11 is 6.30. The number of nitrogens with one attached hydrogen (secondary N) is 1. The molecular weight excluding hydrogens is 340 g/mol. The summed E-state index contributed by atoms with van der Waals surface area (Å²) in [4.78, 5) is 10.9. The second-order valence-corrected chi connectivity index (χ2v) is 6.89. The summed E-state index contributed by atoms with van der Waals surface area (Å²) < 4.78 is 7.15. The van der Waals surface area contributed by atoms with E-state index in [9.17, 15) is 0 Å². The Hall–Kier alpha value is -1.70. The monoisotopic (exact) mass is 364 g/mol. The fraction of sp³-hybridized carbons (Fsp3) is 0.588. The number of anilines is 1. The van der Waals surface area contributed by atoms with Gasteiger partial charge in [0.05, 0.1) is 18.0 Å². The van der Waals surface area contributed by atoms with Crippen LogP contribution in [0.15, 0.2) is 12.4 Å². The van der Waals surface area contributed by atoms with Crippen LogP contribution in [0.1, 0.15) is 29.3 Å². The van der Waals surface area contributed by atoms with Crippen LogP contribution in [0.3, 0.4) is 0 Å². The van der Waals surface area contributed by atoms with Crippen LogP contribution in [0, 0.1) is 6.92 Å². The molecule has 2 aromatic rings. The lowest BCUT2D eigenvalue weighted by Crippen LogP contribution is -2.25. The maximum atomic E-state index is 6.30. The first-order valence-electron chi connectivity index (χ1n) is 8.54. The van der Waals surface area contributed by atoms with E-state index < -0.39 is 0 Å². The average Bonchev–Trinajstić information content (AvgIpc) is 3.20. The minimum absolute atomic E-state index is 0.391. The zero-order chi connectivity index (χ0) is 17.8. The lowest BCUT2D eigenvalue weighted by Gasteiger charge is -2.17. The van der Waals surface area contributed by atoms with Crippen LogP contribution in [-0.4, -0.2) is 58.0 Å². The summed E-state index contributed by atoms with van der Waals surface area (Å²) in [7, 11) is 3.94. The van der Waals surface area contributed by atoms with Gasteiger partial charge in [0.15, 0.2) is 0 Å². The van der Waals surface area contributed by atoms with Crippen molar-refractivity contribution in [2.75, 3.05) is 38.7 Å². The summed E-state index contributed by atoms with van der Waals surface area (Å²) in [6.45, 7) is 6.00. The van der Waals surface area contributed by atoms with Crippen molar-refractivity contribution in [2.45, 2.75) is 25.8 Å². The van der Waals surface area contributed by atoms with Crippen LogP contribution in [0.25, 0.3) is 0 Å². The van der Waals surface area contributed by atoms with Crippen molar-refractivity contribution in [3.8, 4) is 0 Å². The van der Waals surface area contributed by atoms with Gasteiger partial charge in [-0.15, -0.1) is 0 Å². The van der Waals surface area contributed by atoms with E-state index in [1.54, 1.807) is 11.0 Å². The number of ether oxygens (including phenoxy) is 1. The van der Waals surface area contributed by atoms with Gasteiger partial charge < -0.3 is 15.0 Å². The minimum atomic E-state index is 0.391. The van der Waals surface area contributed by atoms with Gasteiger partial charge >= 0.3 is 0 Å². The van der Waals surface area contributed by atoms with Crippen LogP contribution in [0.4, 0.5) is 5.82 Å². The second kappa shape index (κ2) is 8.12. The quantitative estimate of drug-likeness (QED) is 0.812. The SMILES string of the molecule is Cc1nn(C)c(Cl)c1CN(C)CCNc1cc([C@@H]2CCOC2)ncn1. The van der Waals surface area contributed by atoms with Crippen LogP contribution in [0.5, 0.6) is 0 Å². The number of rotatable bonds is 7. The number of halogens is 1. The molecule has 1 atom stereocenters. The normalized spacial score (nSPS) is 17.4. The van der Waals surface area contributed by atoms with E-state index in [1.165, 1.54) is 0 Å². The van der Waals surface area contributed by atoms with E-state index in [4.69, 9.17) is 16.3 Å². The zero-order valence-electron chi connectivity index (χ0n) is 15.0. The first-order chi connectivity index (χ1) is 12.0. The smallest absolute Gasteiger partial charge is 0.131 e. The highest BCUT2D eigenvalue weighted by Crippen LogP contribution is 2.24. The van der Waals surface area contributed by atoms with E-state index in [2.05, 4.69) is 32.3 Å². The van der Waals surface area contributed by atoms with Crippen molar-refractivity contribution < 1.29 is 4.74 Å². The Balaban J connectivity index is 1.50. The van der Waals surface area contributed by atoms with Gasteiger partial charge in [0, 0.05) is 50.8 Å². The van der Waals surface area contributed by atoms with E-state index in [0.717, 1.165) is 62.0 Å². The molecule has 1 N–H and O–H groups in total. The predicted molar refractivity (Wildman–Crippen MR) is 98.0 cm³/mol. The van der Waals surface area contributed by atoms with E-state index in [0.29, 0.717) is 11.1 Å². The molecule has 0 amide bonds. The Morgan fingerprint density at radius 2 is 2.28 bits per heavy atom. The lowest BCUT2D eigenvalue weighted by atomic mass is 10.1. The molecule has 0 radical (unpaired) electrons. The van der Waals surface area contributed by atoms with Gasteiger partial charge in [0.2, 0.25) is 0 Å². The Kier molecular flexibility index (Phi) is 5.88. The highest BCUT2D eigenvalue weighted by atomic mass is 35.5. The highest BCUT2D eigenvalue weighted by molar-refractivity contribution is 6.30. The molecule has 0 bridgehead atoms. The molecule has 136 valence electrons. The van der Waals surface area contributed by atoms with Crippen molar-refractivity contribution in [2.24, 2.45) is 7.05 Å². The number of hydrogen-bond acceptors (Lipinski definition) is 6. The van der Waals surface area contributed by atoms with Crippen molar-refractivity contribution in [1.29, 1.82) is 0 Å². The number of aromatic nitrogens is 4. The van der Waals surface area contributed by atoms with E-state index >= 15 is 0 Å². The van der Waals surface area contributed by atoms with Crippen molar-refractivity contribution in [3.63, 3.8) is 0 Å². The molecule has 0 aromatic carbocycles. The van der Waals surface area contributed by atoms with Crippen LogP contribution >= 0.6 is 11.6 Å². The number of hydrogen-bond donors (Lipinski definition) is 1. The highest BCUT2D eigenvalue weighted by Gasteiger charge is 2.19. The standard InChI is InChI=1S/C17H25ClN6O/c1-12-14(17(18)24(3)22-12)9-23(2)6-5-19-16-8-15(20-11-21-16)13-4-7-25-10-13/h8,11,13H,4-7,9-10H2,1-3H3,(H,19,20,21)/t13-/m1/s1. The second-order valence-electron chi connectivity index (χ2n) is 6.53. The maximum absolute atomic E-state index is 6.30. The van der Waals surface area contributed by atoms with Gasteiger partial charge in [-0.1, -0.05) is 11.6 Å². The zero-order valence-corrected chi connectivity index (χ0v) is 15.8. The molecule has 3 heterocycles. The largest absolute Gasteiger partial charge is 0.381 e. The maximum Gasteiger partial charge on any atom is 0.131 e. The van der Waals surface area contributed by atoms with Gasteiger partial charge in [-0.25, -0.2) is 9.97 Å². The Morgan fingerprint density at radius 1 is 1.44 bits per heavy atom. The molecule has 0 unspecified atom stereocenters. The molecule has 1 fully saturated rings. The molecule has 0 aliphatic carbocycles. The summed E-state index contributed by atoms with van der Waals surface area (Å²) in [5.41, 5.74) is 3.12. The van der Waals surface area contributed by atoms with Crippen molar-refractivity contribution in [3.05, 3.63) is 34.5 Å². The van der Waals surface area contributed by atoms with Crippen molar-refractivity contribution in [1.82, 2.24) is 24.6 Å². The molecule has 1 aliphatic heterocycles. The summed E-state index contributed by atoms with van der Waals surface area (Å²) in [6.07, 6.45) is 2.66. The summed E-state index contributed by atoms with van der Waals surface area (Å²) in [5, 5.41) is 8.43. The summed E-state index contributed by atoms with van der Waals surface area (Å²) in [6, 6.07) is 2.03. The van der Waals surface area contributed by atoms with E-state index in [-0.39, 0.29) is 0 Å². The molecular formula is C17H25ClN6O. The Morgan fingerprint density at radius 3 is 2.96 bits per heavy atom.